The van der Waals surface area contributed by atoms with Crippen LogP contribution < -0.4 is 9.47 Å². The molecule has 2 aliphatic rings. The molecule has 0 N–H and O–H groups in total. The third kappa shape index (κ3) is 6.24. The van der Waals surface area contributed by atoms with Gasteiger partial charge in [-0.25, -0.2) is 0 Å². The lowest BCUT2D eigenvalue weighted by Crippen LogP contribution is -2.47. The number of hydrogen-bond donors (Lipinski definition) is 0. The Balaban J connectivity index is 1.50. The van der Waals surface area contributed by atoms with Crippen LogP contribution >= 0.6 is 11.6 Å². The molecule has 0 radical (unpaired) electrons. The van der Waals surface area contributed by atoms with Gasteiger partial charge in [-0.05, 0) is 57.0 Å². The Bertz CT molecular complexity index is 600. The Morgan fingerprint density at radius 1 is 0.857 bits per heavy atom. The summed E-state index contributed by atoms with van der Waals surface area (Å²) in [6.45, 7) is 15.8. The monoisotopic (exact) mass is 409 g/mol. The summed E-state index contributed by atoms with van der Waals surface area (Å²) in [7, 11) is 0. The predicted molar refractivity (Wildman–Crippen MR) is 116 cm³/mol. The smallest absolute Gasteiger partial charge is 0.179 e. The molecule has 0 aliphatic carbocycles. The molecular formula is C22H36ClN3O2. The lowest BCUT2D eigenvalue weighted by atomic mass is 10.1. The van der Waals surface area contributed by atoms with Crippen LogP contribution in [0.1, 0.15) is 38.7 Å². The molecule has 0 saturated carbocycles. The fourth-order valence-electron chi connectivity index (χ4n) is 4.04. The summed E-state index contributed by atoms with van der Waals surface area (Å²) in [5, 5.41) is 0.652. The molecule has 2 saturated heterocycles. The van der Waals surface area contributed by atoms with Gasteiger partial charge in [0.25, 0.3) is 0 Å². The van der Waals surface area contributed by atoms with E-state index in [-0.39, 0.29) is 0 Å². The van der Waals surface area contributed by atoms with Crippen molar-refractivity contribution in [1.82, 2.24) is 14.7 Å². The molecule has 6 heteroatoms. The van der Waals surface area contributed by atoms with Crippen molar-refractivity contribution in [1.29, 1.82) is 0 Å². The van der Waals surface area contributed by atoms with E-state index in [1.165, 1.54) is 44.6 Å². The van der Waals surface area contributed by atoms with Crippen molar-refractivity contribution in [2.75, 3.05) is 65.6 Å². The second-order valence-electron chi connectivity index (χ2n) is 7.85. The fraction of sp³-hybridized carbons (Fsp3) is 0.727. The maximum Gasteiger partial charge on any atom is 0.179 e. The van der Waals surface area contributed by atoms with Gasteiger partial charge in [-0.15, -0.1) is 0 Å². The zero-order valence-electron chi connectivity index (χ0n) is 17.6. The highest BCUT2D eigenvalue weighted by Gasteiger charge is 2.20. The Hall–Kier alpha value is -1.01. The van der Waals surface area contributed by atoms with Gasteiger partial charge in [-0.3, -0.25) is 9.80 Å². The highest BCUT2D eigenvalue weighted by atomic mass is 35.5. The average molecular weight is 410 g/mol. The molecular weight excluding hydrogens is 374 g/mol. The molecule has 158 valence electrons. The van der Waals surface area contributed by atoms with Gasteiger partial charge in [0, 0.05) is 45.8 Å². The predicted octanol–water partition coefficient (Wildman–Crippen LogP) is 3.74. The number of benzene rings is 1. The molecule has 5 nitrogen and oxygen atoms in total. The van der Waals surface area contributed by atoms with E-state index in [0.717, 1.165) is 44.9 Å². The number of hydrogen-bond acceptors (Lipinski definition) is 5. The first-order chi connectivity index (χ1) is 13.7. The zero-order chi connectivity index (χ0) is 19.8. The van der Waals surface area contributed by atoms with E-state index < -0.39 is 0 Å². The van der Waals surface area contributed by atoms with E-state index in [2.05, 4.69) is 27.7 Å². The number of rotatable bonds is 10. The fourth-order valence-corrected chi connectivity index (χ4v) is 4.33. The van der Waals surface area contributed by atoms with Crippen LogP contribution in [0.5, 0.6) is 11.5 Å². The van der Waals surface area contributed by atoms with Crippen molar-refractivity contribution in [2.45, 2.75) is 39.7 Å². The van der Waals surface area contributed by atoms with Gasteiger partial charge in [0.1, 0.15) is 0 Å². The topological polar surface area (TPSA) is 28.2 Å². The molecule has 1 aromatic rings. The number of likely N-dealkylation sites (tertiary alicyclic amines) is 1. The summed E-state index contributed by atoms with van der Waals surface area (Å²) >= 11 is 6.51. The first kappa shape index (κ1) is 21.7. The number of halogens is 1. The van der Waals surface area contributed by atoms with Crippen LogP contribution in [-0.2, 0) is 6.54 Å². The van der Waals surface area contributed by atoms with E-state index in [1.807, 2.05) is 13.0 Å². The van der Waals surface area contributed by atoms with E-state index in [4.69, 9.17) is 21.1 Å². The van der Waals surface area contributed by atoms with Crippen LogP contribution in [0, 0.1) is 0 Å². The highest BCUT2D eigenvalue weighted by molar-refractivity contribution is 6.32. The normalized spacial score (nSPS) is 19.2. The molecule has 2 heterocycles. The Morgan fingerprint density at radius 3 is 2.14 bits per heavy atom. The van der Waals surface area contributed by atoms with E-state index in [1.54, 1.807) is 0 Å². The molecule has 0 amide bonds. The quantitative estimate of drug-likeness (QED) is 0.587. The van der Waals surface area contributed by atoms with Crippen molar-refractivity contribution in [3.05, 3.63) is 22.7 Å². The lowest BCUT2D eigenvalue weighted by Gasteiger charge is -2.35. The first-order valence-electron chi connectivity index (χ1n) is 10.9. The Morgan fingerprint density at radius 2 is 1.50 bits per heavy atom. The van der Waals surface area contributed by atoms with Gasteiger partial charge in [0.05, 0.1) is 18.2 Å². The highest BCUT2D eigenvalue weighted by Crippen LogP contribution is 2.37. The van der Waals surface area contributed by atoms with Crippen molar-refractivity contribution < 1.29 is 9.47 Å². The van der Waals surface area contributed by atoms with Gasteiger partial charge < -0.3 is 14.4 Å². The van der Waals surface area contributed by atoms with E-state index >= 15 is 0 Å². The molecule has 28 heavy (non-hydrogen) atoms. The summed E-state index contributed by atoms with van der Waals surface area (Å²) in [5.74, 6) is 1.45. The lowest BCUT2D eigenvalue weighted by molar-refractivity contribution is 0.117. The van der Waals surface area contributed by atoms with Gasteiger partial charge >= 0.3 is 0 Å². The van der Waals surface area contributed by atoms with Crippen LogP contribution in [0.3, 0.4) is 0 Å². The second kappa shape index (κ2) is 11.2. The largest absolute Gasteiger partial charge is 0.490 e. The van der Waals surface area contributed by atoms with Gasteiger partial charge in [0.2, 0.25) is 0 Å². The van der Waals surface area contributed by atoms with Crippen LogP contribution in [0.25, 0.3) is 0 Å². The van der Waals surface area contributed by atoms with Crippen molar-refractivity contribution in [3.63, 3.8) is 0 Å². The average Bonchev–Trinajstić information content (AvgIpc) is 3.21. The molecule has 0 unspecified atom stereocenters. The molecule has 0 atom stereocenters. The molecule has 3 rings (SSSR count). The van der Waals surface area contributed by atoms with Crippen LogP contribution in [0.15, 0.2) is 12.1 Å². The van der Waals surface area contributed by atoms with Crippen LogP contribution in [-0.4, -0.2) is 80.3 Å². The molecule has 0 bridgehead atoms. The van der Waals surface area contributed by atoms with Crippen molar-refractivity contribution in [2.24, 2.45) is 0 Å². The number of ether oxygens (including phenoxy) is 2. The molecule has 1 aromatic carbocycles. The summed E-state index contributed by atoms with van der Waals surface area (Å²) in [4.78, 5) is 7.72. The van der Waals surface area contributed by atoms with Gasteiger partial charge in [-0.2, -0.15) is 0 Å². The SMILES string of the molecule is CCCOc1c(Cl)cc(CN2CCN(CCN3CCCC3)CC2)cc1OCC. The molecule has 0 aromatic heterocycles. The minimum absolute atomic E-state index is 0.609. The maximum atomic E-state index is 6.51. The van der Waals surface area contributed by atoms with Gasteiger partial charge in [-0.1, -0.05) is 18.5 Å². The first-order valence-corrected chi connectivity index (χ1v) is 11.3. The molecule has 0 spiro atoms. The number of nitrogens with zero attached hydrogens (tertiary/aromatic N) is 3. The van der Waals surface area contributed by atoms with E-state index in [0.29, 0.717) is 24.0 Å². The van der Waals surface area contributed by atoms with E-state index in [9.17, 15) is 0 Å². The second-order valence-corrected chi connectivity index (χ2v) is 8.26. The molecule has 2 aliphatic heterocycles. The standard InChI is InChI=1S/C22H36ClN3O2/c1-3-15-28-22-20(23)16-19(17-21(22)27-4-2)18-26-13-11-25(12-14-26)10-9-24-7-5-6-8-24/h16-17H,3-15,18H2,1-2H3. The third-order valence-corrected chi connectivity index (χ3v) is 5.90. The maximum absolute atomic E-state index is 6.51. The van der Waals surface area contributed by atoms with Crippen LogP contribution in [0.2, 0.25) is 5.02 Å². The van der Waals surface area contributed by atoms with Crippen molar-refractivity contribution in [3.8, 4) is 11.5 Å². The Kier molecular flexibility index (Phi) is 8.71. The van der Waals surface area contributed by atoms with Crippen molar-refractivity contribution >= 4 is 11.6 Å². The summed E-state index contributed by atoms with van der Waals surface area (Å²) < 4.78 is 11.6. The van der Waals surface area contributed by atoms with Gasteiger partial charge in [0.15, 0.2) is 11.5 Å². The summed E-state index contributed by atoms with van der Waals surface area (Å²) in [6.07, 6.45) is 3.70. The molecule has 2 fully saturated rings. The Labute approximate surface area is 175 Å². The number of piperazine rings is 1. The minimum atomic E-state index is 0.609. The third-order valence-electron chi connectivity index (χ3n) is 5.62. The minimum Gasteiger partial charge on any atom is -0.490 e. The van der Waals surface area contributed by atoms with Crippen LogP contribution in [0.4, 0.5) is 0 Å². The summed E-state index contributed by atoms with van der Waals surface area (Å²) in [6, 6.07) is 4.13. The summed E-state index contributed by atoms with van der Waals surface area (Å²) in [5.41, 5.74) is 1.20. The zero-order valence-corrected chi connectivity index (χ0v) is 18.3.